The molecule has 0 saturated heterocycles. The minimum Gasteiger partial charge on any atom is -0.468 e. The van der Waals surface area contributed by atoms with Crippen molar-refractivity contribution in [3.63, 3.8) is 0 Å². The first kappa shape index (κ1) is 18.7. The molecule has 0 atom stereocenters. The number of carbonyl (C=O) groups is 1. The fourth-order valence-electron chi connectivity index (χ4n) is 2.58. The molecule has 0 radical (unpaired) electrons. The molecule has 3 nitrogen and oxygen atoms in total. The number of nitrogens with zero attached hydrogens (tertiary/aromatic N) is 1. The van der Waals surface area contributed by atoms with Crippen molar-refractivity contribution in [1.29, 1.82) is 0 Å². The summed E-state index contributed by atoms with van der Waals surface area (Å²) in [6.07, 6.45) is 0. The maximum atomic E-state index is 11.8. The minimum atomic E-state index is -0.226. The number of esters is 1. The zero-order valence-electron chi connectivity index (χ0n) is 14.9. The standard InChI is InChI=1S/C22H25NO2/c1-19-11-7-4-3-5-8-14-21(15-19)17-23(18-22(24)25-2)16-20-12-9-6-10-13-20/h3-15H,16-18H2,1-2H3. The molecule has 0 unspecified atom stereocenters. The lowest BCUT2D eigenvalue weighted by Crippen LogP contribution is -2.29. The molecule has 2 rings (SSSR count). The number of benzene rings is 1. The van der Waals surface area contributed by atoms with E-state index in [0.29, 0.717) is 13.1 Å². The third-order valence-electron chi connectivity index (χ3n) is 3.76. The van der Waals surface area contributed by atoms with Gasteiger partial charge in [0.1, 0.15) is 0 Å². The molecule has 0 N–H and O–H groups in total. The first-order valence-corrected chi connectivity index (χ1v) is 8.39. The summed E-state index contributed by atoms with van der Waals surface area (Å²) in [5.41, 5.74) is 3.49. The van der Waals surface area contributed by atoms with Gasteiger partial charge < -0.3 is 4.74 Å². The van der Waals surface area contributed by atoms with E-state index in [9.17, 15) is 4.79 Å². The average molecular weight is 335 g/mol. The first-order chi connectivity index (χ1) is 12.2. The second kappa shape index (κ2) is 10.3. The van der Waals surface area contributed by atoms with E-state index in [1.54, 1.807) is 0 Å². The summed E-state index contributed by atoms with van der Waals surface area (Å²) in [6.45, 7) is 3.70. The molecule has 0 aromatic heterocycles. The smallest absolute Gasteiger partial charge is 0.319 e. The van der Waals surface area contributed by atoms with Crippen LogP contribution in [0.4, 0.5) is 0 Å². The first-order valence-electron chi connectivity index (χ1n) is 8.39. The molecular formula is C22H25NO2. The van der Waals surface area contributed by atoms with Crippen molar-refractivity contribution in [2.75, 3.05) is 13.7 Å². The van der Waals surface area contributed by atoms with Gasteiger partial charge in [0.05, 0.1) is 13.7 Å². The molecule has 0 aliphatic heterocycles. The summed E-state index contributed by atoms with van der Waals surface area (Å²) in [5.74, 6) is -0.226. The zero-order chi connectivity index (χ0) is 17.9. The maximum Gasteiger partial charge on any atom is 0.319 e. The van der Waals surface area contributed by atoms with Gasteiger partial charge in [-0.25, -0.2) is 0 Å². The lowest BCUT2D eigenvalue weighted by Gasteiger charge is -2.21. The molecular weight excluding hydrogens is 310 g/mol. The van der Waals surface area contributed by atoms with Crippen LogP contribution in [0.25, 0.3) is 0 Å². The van der Waals surface area contributed by atoms with E-state index < -0.39 is 0 Å². The molecule has 2 aromatic rings. The van der Waals surface area contributed by atoms with Gasteiger partial charge in [-0.05, 0) is 18.1 Å². The summed E-state index contributed by atoms with van der Waals surface area (Å²) in [4.78, 5) is 13.9. The highest BCUT2D eigenvalue weighted by Gasteiger charge is 2.12. The molecule has 0 fully saturated rings. The van der Waals surface area contributed by atoms with E-state index >= 15 is 0 Å². The molecule has 0 heterocycles. The van der Waals surface area contributed by atoms with E-state index in [-0.39, 0.29) is 12.5 Å². The van der Waals surface area contributed by atoms with Crippen molar-refractivity contribution in [3.8, 4) is 0 Å². The van der Waals surface area contributed by atoms with Crippen LogP contribution >= 0.6 is 0 Å². The average Bonchev–Trinajstić information content (AvgIpc) is 2.61. The summed E-state index contributed by atoms with van der Waals surface area (Å²) in [6, 6.07) is 26.5. The van der Waals surface area contributed by atoms with Crippen LogP contribution in [0, 0.1) is 6.92 Å². The van der Waals surface area contributed by atoms with E-state index in [2.05, 4.69) is 42.2 Å². The molecule has 3 heteroatoms. The highest BCUT2D eigenvalue weighted by Crippen LogP contribution is 2.10. The predicted molar refractivity (Wildman–Crippen MR) is 101 cm³/mol. The Labute approximate surface area is 150 Å². The van der Waals surface area contributed by atoms with Gasteiger partial charge in [0.2, 0.25) is 0 Å². The monoisotopic (exact) mass is 335 g/mol. The van der Waals surface area contributed by atoms with E-state index in [4.69, 9.17) is 4.74 Å². The normalized spacial score (nSPS) is 10.2. The topological polar surface area (TPSA) is 29.5 Å². The fraction of sp³-hybridized carbons (Fsp3) is 0.227. The Hall–Kier alpha value is -2.65. The van der Waals surface area contributed by atoms with Crippen molar-refractivity contribution < 1.29 is 9.53 Å². The van der Waals surface area contributed by atoms with E-state index in [1.165, 1.54) is 18.2 Å². The molecule has 0 aliphatic carbocycles. The lowest BCUT2D eigenvalue weighted by atomic mass is 10.1. The molecule has 0 amide bonds. The number of methoxy groups -OCH3 is 1. The second-order valence-electron chi connectivity index (χ2n) is 5.97. The fourth-order valence-corrected chi connectivity index (χ4v) is 2.58. The maximum absolute atomic E-state index is 11.8. The van der Waals surface area contributed by atoms with Crippen molar-refractivity contribution in [1.82, 2.24) is 4.90 Å². The molecule has 25 heavy (non-hydrogen) atoms. The SMILES string of the molecule is COC(=O)CN(Cc1ccccc1)Cc1cccccccc(C)c1. The Morgan fingerprint density at radius 2 is 1.36 bits per heavy atom. The lowest BCUT2D eigenvalue weighted by molar-refractivity contribution is -0.142. The highest BCUT2D eigenvalue weighted by molar-refractivity contribution is 5.71. The van der Waals surface area contributed by atoms with Gasteiger partial charge in [-0.2, -0.15) is 0 Å². The number of ether oxygens (including phenoxy) is 1. The minimum absolute atomic E-state index is 0.226. The van der Waals surface area contributed by atoms with Gasteiger partial charge in [0.15, 0.2) is 0 Å². The molecule has 2 aromatic carbocycles. The van der Waals surface area contributed by atoms with Gasteiger partial charge in [0, 0.05) is 13.1 Å². The summed E-state index contributed by atoms with van der Waals surface area (Å²) in [7, 11) is 1.43. The number of hydrogen-bond acceptors (Lipinski definition) is 3. The van der Waals surface area contributed by atoms with Crippen LogP contribution in [0.15, 0.2) is 78.9 Å². The van der Waals surface area contributed by atoms with Gasteiger partial charge in [-0.1, -0.05) is 84.4 Å². The summed E-state index contributed by atoms with van der Waals surface area (Å²) < 4.78 is 4.86. The van der Waals surface area contributed by atoms with Gasteiger partial charge in [0.25, 0.3) is 0 Å². The Bertz CT molecular complexity index is 727. The van der Waals surface area contributed by atoms with Crippen LogP contribution in [0.5, 0.6) is 0 Å². The Morgan fingerprint density at radius 1 is 0.840 bits per heavy atom. The molecule has 130 valence electrons. The number of aryl methyl sites for hydroxylation is 1. The summed E-state index contributed by atoms with van der Waals surface area (Å²) in [5, 5.41) is 0. The number of carbonyl (C=O) groups excluding carboxylic acids is 1. The molecule has 0 spiro atoms. The van der Waals surface area contributed by atoms with Crippen molar-refractivity contribution in [2.45, 2.75) is 20.0 Å². The quantitative estimate of drug-likeness (QED) is 0.737. The highest BCUT2D eigenvalue weighted by atomic mass is 16.5. The van der Waals surface area contributed by atoms with Crippen LogP contribution < -0.4 is 0 Å². The Kier molecular flexibility index (Phi) is 7.67. The number of hydrogen-bond donors (Lipinski definition) is 0. The third-order valence-corrected chi connectivity index (χ3v) is 3.76. The summed E-state index contributed by atoms with van der Waals surface area (Å²) >= 11 is 0. The zero-order valence-corrected chi connectivity index (χ0v) is 14.9. The van der Waals surface area contributed by atoms with Crippen LogP contribution in [0.2, 0.25) is 0 Å². The van der Waals surface area contributed by atoms with E-state index in [1.807, 2.05) is 48.5 Å². The second-order valence-corrected chi connectivity index (χ2v) is 5.97. The predicted octanol–water partition coefficient (Wildman–Crippen LogP) is 4.29. The van der Waals surface area contributed by atoms with Crippen LogP contribution in [0.3, 0.4) is 0 Å². The van der Waals surface area contributed by atoms with Gasteiger partial charge in [-0.3, -0.25) is 9.69 Å². The third kappa shape index (κ3) is 7.19. The number of rotatable bonds is 6. The van der Waals surface area contributed by atoms with Crippen molar-refractivity contribution in [2.24, 2.45) is 0 Å². The van der Waals surface area contributed by atoms with E-state index in [0.717, 1.165) is 5.56 Å². The molecule has 0 bridgehead atoms. The molecule has 0 aliphatic rings. The van der Waals surface area contributed by atoms with Crippen LogP contribution in [-0.4, -0.2) is 24.5 Å². The van der Waals surface area contributed by atoms with Gasteiger partial charge in [-0.15, -0.1) is 0 Å². The van der Waals surface area contributed by atoms with Gasteiger partial charge >= 0.3 is 5.97 Å². The van der Waals surface area contributed by atoms with Crippen molar-refractivity contribution in [3.05, 3.63) is 95.6 Å². The Morgan fingerprint density at radius 3 is 2.04 bits per heavy atom. The van der Waals surface area contributed by atoms with Crippen LogP contribution in [-0.2, 0) is 22.6 Å². The van der Waals surface area contributed by atoms with Crippen LogP contribution in [0.1, 0.15) is 16.7 Å². The Balaban J connectivity index is 2.26. The largest absolute Gasteiger partial charge is 0.468 e. The molecule has 0 saturated carbocycles. The van der Waals surface area contributed by atoms with Crippen molar-refractivity contribution >= 4 is 5.97 Å².